The van der Waals surface area contributed by atoms with Gasteiger partial charge in [0.1, 0.15) is 0 Å². The lowest BCUT2D eigenvalue weighted by Gasteiger charge is -2.14. The molecule has 0 aliphatic carbocycles. The molecule has 25 heavy (non-hydrogen) atoms. The zero-order chi connectivity index (χ0) is 17.5. The molecular weight excluding hydrogens is 330 g/mol. The molecular formula is C21H25NO2S. The second kappa shape index (κ2) is 9.07. The fourth-order valence-corrected chi connectivity index (χ4v) is 3.83. The van der Waals surface area contributed by atoms with Gasteiger partial charge in [0.2, 0.25) is 0 Å². The van der Waals surface area contributed by atoms with Crippen LogP contribution in [0.5, 0.6) is 0 Å². The fraction of sp³-hybridized carbons (Fsp3) is 0.381. The molecule has 3 nitrogen and oxygen atoms in total. The molecule has 2 aromatic rings. The first-order valence-corrected chi connectivity index (χ1v) is 9.84. The van der Waals surface area contributed by atoms with Crippen molar-refractivity contribution < 1.29 is 9.53 Å². The molecule has 2 aromatic carbocycles. The van der Waals surface area contributed by atoms with Crippen LogP contribution in [0.15, 0.2) is 53.4 Å². The van der Waals surface area contributed by atoms with Crippen LogP contribution in [0.25, 0.3) is 11.1 Å². The molecule has 0 aromatic heterocycles. The number of rotatable bonds is 7. The van der Waals surface area contributed by atoms with Crippen LogP contribution in [-0.4, -0.2) is 43.4 Å². The highest BCUT2D eigenvalue weighted by molar-refractivity contribution is 8.00. The van der Waals surface area contributed by atoms with E-state index in [9.17, 15) is 4.79 Å². The standard InChI is InChI=1S/C21H25NO2S/c1-24-21(23)16-25-20-10-8-19(9-11-20)18-6-4-17(5-7-18)12-15-22-13-2-3-14-22/h4-11H,2-3,12-16H2,1H3. The van der Waals surface area contributed by atoms with E-state index in [4.69, 9.17) is 0 Å². The third-order valence-electron chi connectivity index (χ3n) is 4.64. The normalized spacial score (nSPS) is 14.6. The van der Waals surface area contributed by atoms with Gasteiger partial charge in [-0.25, -0.2) is 0 Å². The maximum atomic E-state index is 11.2. The van der Waals surface area contributed by atoms with Crippen LogP contribution in [0.1, 0.15) is 18.4 Å². The minimum Gasteiger partial charge on any atom is -0.468 e. The number of carbonyl (C=O) groups is 1. The van der Waals surface area contributed by atoms with Crippen molar-refractivity contribution in [1.29, 1.82) is 0 Å². The topological polar surface area (TPSA) is 29.5 Å². The van der Waals surface area contributed by atoms with Crippen molar-refractivity contribution in [2.75, 3.05) is 32.5 Å². The molecule has 0 spiro atoms. The lowest BCUT2D eigenvalue weighted by Crippen LogP contribution is -2.21. The van der Waals surface area contributed by atoms with Crippen molar-refractivity contribution in [2.24, 2.45) is 0 Å². The van der Waals surface area contributed by atoms with Crippen LogP contribution < -0.4 is 0 Å². The predicted octanol–water partition coefficient (Wildman–Crippen LogP) is 4.26. The number of benzene rings is 2. The van der Waals surface area contributed by atoms with Crippen LogP contribution in [0, 0.1) is 0 Å². The number of hydrogen-bond donors (Lipinski definition) is 0. The Kier molecular flexibility index (Phi) is 6.54. The Balaban J connectivity index is 1.55. The number of hydrogen-bond acceptors (Lipinski definition) is 4. The second-order valence-electron chi connectivity index (χ2n) is 6.38. The highest BCUT2D eigenvalue weighted by Crippen LogP contribution is 2.25. The first-order chi connectivity index (χ1) is 12.2. The number of esters is 1. The molecule has 0 amide bonds. The SMILES string of the molecule is COC(=O)CSc1ccc(-c2ccc(CCN3CCCC3)cc2)cc1. The Bertz CT molecular complexity index is 676. The van der Waals surface area contributed by atoms with Gasteiger partial charge >= 0.3 is 5.97 Å². The van der Waals surface area contributed by atoms with Gasteiger partial charge in [-0.3, -0.25) is 4.79 Å². The number of likely N-dealkylation sites (tertiary alicyclic amines) is 1. The summed E-state index contributed by atoms with van der Waals surface area (Å²) in [5.74, 6) is 0.153. The van der Waals surface area contributed by atoms with E-state index in [1.54, 1.807) is 0 Å². The maximum absolute atomic E-state index is 11.2. The predicted molar refractivity (Wildman–Crippen MR) is 104 cm³/mol. The van der Waals surface area contributed by atoms with E-state index in [0.29, 0.717) is 5.75 Å². The third-order valence-corrected chi connectivity index (χ3v) is 5.63. The molecule has 0 bridgehead atoms. The van der Waals surface area contributed by atoms with Gasteiger partial charge < -0.3 is 9.64 Å². The maximum Gasteiger partial charge on any atom is 0.315 e. The fourth-order valence-electron chi connectivity index (χ4n) is 3.10. The van der Waals surface area contributed by atoms with Crippen LogP contribution >= 0.6 is 11.8 Å². The van der Waals surface area contributed by atoms with Crippen molar-refractivity contribution >= 4 is 17.7 Å². The number of thioether (sulfide) groups is 1. The summed E-state index contributed by atoms with van der Waals surface area (Å²) in [5, 5.41) is 0. The molecule has 1 saturated heterocycles. The van der Waals surface area contributed by atoms with Crippen molar-refractivity contribution in [1.82, 2.24) is 4.90 Å². The van der Waals surface area contributed by atoms with Gasteiger partial charge in [0, 0.05) is 11.4 Å². The van der Waals surface area contributed by atoms with Crippen molar-refractivity contribution in [3.63, 3.8) is 0 Å². The number of nitrogens with zero attached hydrogens (tertiary/aromatic N) is 1. The van der Waals surface area contributed by atoms with Crippen molar-refractivity contribution in [3.05, 3.63) is 54.1 Å². The average molecular weight is 356 g/mol. The molecule has 0 unspecified atom stereocenters. The van der Waals surface area contributed by atoms with E-state index >= 15 is 0 Å². The summed E-state index contributed by atoms with van der Waals surface area (Å²) < 4.78 is 4.67. The van der Waals surface area contributed by atoms with Crippen LogP contribution in [0.3, 0.4) is 0 Å². The van der Waals surface area contributed by atoms with Gasteiger partial charge in [0.15, 0.2) is 0 Å². The molecule has 0 atom stereocenters. The van der Waals surface area contributed by atoms with Crippen LogP contribution in [0.2, 0.25) is 0 Å². The van der Waals surface area contributed by atoms with E-state index in [2.05, 4.69) is 58.2 Å². The van der Waals surface area contributed by atoms with Gasteiger partial charge in [0.25, 0.3) is 0 Å². The van der Waals surface area contributed by atoms with E-state index < -0.39 is 0 Å². The Morgan fingerprint density at radius 1 is 1.00 bits per heavy atom. The summed E-state index contributed by atoms with van der Waals surface area (Å²) in [7, 11) is 1.42. The quantitative estimate of drug-likeness (QED) is 0.548. The van der Waals surface area contributed by atoms with Crippen LogP contribution in [0.4, 0.5) is 0 Å². The molecule has 0 N–H and O–H groups in total. The van der Waals surface area contributed by atoms with Gasteiger partial charge in [-0.15, -0.1) is 11.8 Å². The monoisotopic (exact) mass is 355 g/mol. The lowest BCUT2D eigenvalue weighted by molar-refractivity contribution is -0.137. The third kappa shape index (κ3) is 5.35. The summed E-state index contributed by atoms with van der Waals surface area (Å²) in [6, 6.07) is 17.2. The number of carbonyl (C=O) groups excluding carboxylic acids is 1. The highest BCUT2D eigenvalue weighted by Gasteiger charge is 2.10. The minimum atomic E-state index is -0.196. The Morgan fingerprint density at radius 2 is 1.60 bits per heavy atom. The molecule has 132 valence electrons. The van der Waals surface area contributed by atoms with Gasteiger partial charge in [-0.2, -0.15) is 0 Å². The van der Waals surface area contributed by atoms with Gasteiger partial charge in [-0.05, 0) is 61.2 Å². The van der Waals surface area contributed by atoms with Crippen LogP contribution in [-0.2, 0) is 16.0 Å². The van der Waals surface area contributed by atoms with Gasteiger partial charge in [-0.1, -0.05) is 36.4 Å². The number of methoxy groups -OCH3 is 1. The summed E-state index contributed by atoms with van der Waals surface area (Å²) in [4.78, 5) is 14.8. The Labute approximate surface area is 154 Å². The molecule has 1 aliphatic rings. The molecule has 1 fully saturated rings. The van der Waals surface area contributed by atoms with E-state index in [1.807, 2.05) is 0 Å². The van der Waals surface area contributed by atoms with Crippen molar-refractivity contribution in [3.8, 4) is 11.1 Å². The smallest absolute Gasteiger partial charge is 0.315 e. The molecule has 0 saturated carbocycles. The highest BCUT2D eigenvalue weighted by atomic mass is 32.2. The molecule has 0 radical (unpaired) electrons. The molecule has 1 heterocycles. The lowest BCUT2D eigenvalue weighted by atomic mass is 10.0. The number of ether oxygens (including phenoxy) is 1. The average Bonchev–Trinajstić information content (AvgIpc) is 3.19. The second-order valence-corrected chi connectivity index (χ2v) is 7.43. The largest absolute Gasteiger partial charge is 0.468 e. The summed E-state index contributed by atoms with van der Waals surface area (Å²) in [6.07, 6.45) is 3.84. The van der Waals surface area contributed by atoms with Gasteiger partial charge in [0.05, 0.1) is 12.9 Å². The minimum absolute atomic E-state index is 0.196. The summed E-state index contributed by atoms with van der Waals surface area (Å²) >= 11 is 1.50. The van der Waals surface area contributed by atoms with E-state index in [0.717, 1.165) is 11.3 Å². The Hall–Kier alpha value is -1.78. The van der Waals surface area contributed by atoms with E-state index in [1.165, 1.54) is 68.0 Å². The molecule has 4 heteroatoms. The zero-order valence-electron chi connectivity index (χ0n) is 14.7. The zero-order valence-corrected chi connectivity index (χ0v) is 15.6. The summed E-state index contributed by atoms with van der Waals surface area (Å²) in [6.45, 7) is 3.70. The molecule has 1 aliphatic heterocycles. The first-order valence-electron chi connectivity index (χ1n) is 8.86. The Morgan fingerprint density at radius 3 is 2.20 bits per heavy atom. The summed E-state index contributed by atoms with van der Waals surface area (Å²) in [5.41, 5.74) is 3.84. The molecule has 3 rings (SSSR count). The first kappa shape index (κ1) is 18.0. The van der Waals surface area contributed by atoms with Crippen molar-refractivity contribution in [2.45, 2.75) is 24.2 Å². The van der Waals surface area contributed by atoms with E-state index in [-0.39, 0.29) is 5.97 Å².